The highest BCUT2D eigenvalue weighted by molar-refractivity contribution is 5.19. The zero-order valence-electron chi connectivity index (χ0n) is 10.5. The normalized spacial score (nSPS) is 11.2. The van der Waals surface area contributed by atoms with Crippen molar-refractivity contribution in [3.63, 3.8) is 0 Å². The fourth-order valence-electron chi connectivity index (χ4n) is 1.98. The number of nitrogen functional groups attached to an aromatic ring is 1. The second-order valence-corrected chi connectivity index (χ2v) is 4.52. The summed E-state index contributed by atoms with van der Waals surface area (Å²) < 4.78 is 1.88. The van der Waals surface area contributed by atoms with Crippen molar-refractivity contribution in [2.45, 2.75) is 58.9 Å². The zero-order valence-corrected chi connectivity index (χ0v) is 10.5. The maximum Gasteiger partial charge on any atom is 0.165 e. The third-order valence-electron chi connectivity index (χ3n) is 2.93. The van der Waals surface area contributed by atoms with Gasteiger partial charge in [-0.25, -0.2) is 0 Å². The lowest BCUT2D eigenvalue weighted by Gasteiger charge is -2.15. The Morgan fingerprint density at radius 2 is 1.88 bits per heavy atom. The molecule has 0 saturated carbocycles. The minimum atomic E-state index is 0.518. The molecule has 1 rings (SSSR count). The fraction of sp³-hybridized carbons (Fsp3) is 0.833. The molecule has 0 fully saturated rings. The van der Waals surface area contributed by atoms with E-state index in [2.05, 4.69) is 24.2 Å². The molecule has 1 heterocycles. The number of nitrogens with two attached hydrogens (primary N) is 1. The van der Waals surface area contributed by atoms with Crippen molar-refractivity contribution in [3.8, 4) is 0 Å². The van der Waals surface area contributed by atoms with E-state index in [-0.39, 0.29) is 0 Å². The molecule has 2 N–H and O–H groups in total. The van der Waals surface area contributed by atoms with Gasteiger partial charge in [0, 0.05) is 6.54 Å². The molecule has 4 heteroatoms. The van der Waals surface area contributed by atoms with Crippen LogP contribution < -0.4 is 5.73 Å². The molecule has 0 bridgehead atoms. The minimum absolute atomic E-state index is 0.518. The van der Waals surface area contributed by atoms with Gasteiger partial charge in [-0.05, 0) is 18.8 Å². The van der Waals surface area contributed by atoms with E-state index in [1.54, 1.807) is 0 Å². The minimum Gasteiger partial charge on any atom is -0.381 e. The van der Waals surface area contributed by atoms with E-state index in [1.165, 1.54) is 38.5 Å². The molecule has 0 amide bonds. The molecule has 92 valence electrons. The van der Waals surface area contributed by atoms with Gasteiger partial charge in [-0.15, -0.1) is 5.10 Å². The van der Waals surface area contributed by atoms with Crippen LogP contribution in [0.3, 0.4) is 0 Å². The first-order valence-corrected chi connectivity index (χ1v) is 6.41. The van der Waals surface area contributed by atoms with Gasteiger partial charge in [0.15, 0.2) is 5.82 Å². The third-order valence-corrected chi connectivity index (χ3v) is 2.93. The number of nitrogens with zero attached hydrogens (tertiary/aromatic N) is 3. The number of anilines is 1. The SMILES string of the molecule is CCCCC(CCCC)Cn1cc(N)nn1. The summed E-state index contributed by atoms with van der Waals surface area (Å²) in [6.07, 6.45) is 9.54. The zero-order chi connectivity index (χ0) is 11.8. The van der Waals surface area contributed by atoms with E-state index in [1.807, 2.05) is 10.9 Å². The van der Waals surface area contributed by atoms with Crippen LogP contribution in [0, 0.1) is 5.92 Å². The van der Waals surface area contributed by atoms with Crippen LogP contribution in [0.1, 0.15) is 52.4 Å². The number of hydrogen-bond donors (Lipinski definition) is 1. The average Bonchev–Trinajstić information content (AvgIpc) is 2.68. The lowest BCUT2D eigenvalue weighted by atomic mass is 9.96. The summed E-state index contributed by atoms with van der Waals surface area (Å²) in [5.74, 6) is 1.24. The monoisotopic (exact) mass is 224 g/mol. The Bertz CT molecular complexity index is 274. The van der Waals surface area contributed by atoms with Crippen LogP contribution in [0.15, 0.2) is 6.20 Å². The van der Waals surface area contributed by atoms with Gasteiger partial charge in [-0.3, -0.25) is 4.68 Å². The Hall–Kier alpha value is -1.06. The summed E-state index contributed by atoms with van der Waals surface area (Å²) in [5, 5.41) is 7.83. The summed E-state index contributed by atoms with van der Waals surface area (Å²) in [5.41, 5.74) is 5.56. The third kappa shape index (κ3) is 4.64. The second-order valence-electron chi connectivity index (χ2n) is 4.52. The van der Waals surface area contributed by atoms with Gasteiger partial charge in [0.1, 0.15) is 0 Å². The van der Waals surface area contributed by atoms with Crippen LogP contribution in [0.2, 0.25) is 0 Å². The van der Waals surface area contributed by atoms with Gasteiger partial charge < -0.3 is 5.73 Å². The van der Waals surface area contributed by atoms with Gasteiger partial charge in [0.25, 0.3) is 0 Å². The highest BCUT2D eigenvalue weighted by Crippen LogP contribution is 2.18. The average molecular weight is 224 g/mol. The Morgan fingerprint density at radius 1 is 1.25 bits per heavy atom. The number of unbranched alkanes of at least 4 members (excludes halogenated alkanes) is 2. The Kier molecular flexibility index (Phi) is 5.90. The molecule has 0 spiro atoms. The summed E-state index contributed by atoms with van der Waals surface area (Å²) in [6.45, 7) is 5.44. The van der Waals surface area contributed by atoms with Crippen LogP contribution in [0.5, 0.6) is 0 Å². The number of hydrogen-bond acceptors (Lipinski definition) is 3. The first-order chi connectivity index (χ1) is 7.76. The predicted octanol–water partition coefficient (Wildman–Crippen LogP) is 2.86. The van der Waals surface area contributed by atoms with Crippen LogP contribution >= 0.6 is 0 Å². The van der Waals surface area contributed by atoms with Gasteiger partial charge in [-0.2, -0.15) is 0 Å². The van der Waals surface area contributed by atoms with Crippen molar-refractivity contribution in [3.05, 3.63) is 6.20 Å². The molecule has 0 aromatic carbocycles. The molecule has 1 aromatic heterocycles. The largest absolute Gasteiger partial charge is 0.381 e. The van der Waals surface area contributed by atoms with Crippen LogP contribution in [-0.2, 0) is 6.54 Å². The predicted molar refractivity (Wildman–Crippen MR) is 67.0 cm³/mol. The maximum absolute atomic E-state index is 5.56. The van der Waals surface area contributed by atoms with Gasteiger partial charge >= 0.3 is 0 Å². The molecule has 1 aromatic rings. The maximum atomic E-state index is 5.56. The number of rotatable bonds is 8. The molecule has 0 unspecified atom stereocenters. The Balaban J connectivity index is 2.41. The summed E-state index contributed by atoms with van der Waals surface area (Å²) >= 11 is 0. The highest BCUT2D eigenvalue weighted by atomic mass is 15.4. The molecule has 0 aliphatic heterocycles. The van der Waals surface area contributed by atoms with Crippen molar-refractivity contribution in [2.24, 2.45) is 5.92 Å². The van der Waals surface area contributed by atoms with Gasteiger partial charge in [-0.1, -0.05) is 44.7 Å². The van der Waals surface area contributed by atoms with Gasteiger partial charge in [0.2, 0.25) is 0 Å². The molecular weight excluding hydrogens is 200 g/mol. The molecule has 0 saturated heterocycles. The topological polar surface area (TPSA) is 56.7 Å². The standard InChI is InChI=1S/C12H24N4/c1-3-5-7-11(8-6-4-2)9-16-10-12(13)14-15-16/h10-11H,3-9,13H2,1-2H3. The molecular formula is C12H24N4. The summed E-state index contributed by atoms with van der Waals surface area (Å²) in [6, 6.07) is 0. The first kappa shape index (κ1) is 13.0. The summed E-state index contributed by atoms with van der Waals surface area (Å²) in [7, 11) is 0. The Morgan fingerprint density at radius 3 is 2.31 bits per heavy atom. The molecule has 0 atom stereocenters. The van der Waals surface area contributed by atoms with Crippen LogP contribution in [0.25, 0.3) is 0 Å². The molecule has 0 aliphatic rings. The van der Waals surface area contributed by atoms with Crippen molar-refractivity contribution >= 4 is 5.82 Å². The Labute approximate surface area is 98.2 Å². The first-order valence-electron chi connectivity index (χ1n) is 6.41. The van der Waals surface area contributed by atoms with Crippen LogP contribution in [-0.4, -0.2) is 15.0 Å². The number of aromatic nitrogens is 3. The fourth-order valence-corrected chi connectivity index (χ4v) is 1.98. The van der Waals surface area contributed by atoms with Crippen molar-refractivity contribution in [1.82, 2.24) is 15.0 Å². The second kappa shape index (κ2) is 7.25. The van der Waals surface area contributed by atoms with E-state index in [0.29, 0.717) is 5.82 Å². The van der Waals surface area contributed by atoms with E-state index >= 15 is 0 Å². The summed E-state index contributed by atoms with van der Waals surface area (Å²) in [4.78, 5) is 0. The molecule has 0 aliphatic carbocycles. The van der Waals surface area contributed by atoms with Crippen molar-refractivity contribution in [2.75, 3.05) is 5.73 Å². The molecule has 0 radical (unpaired) electrons. The van der Waals surface area contributed by atoms with E-state index in [0.717, 1.165) is 12.5 Å². The van der Waals surface area contributed by atoms with Gasteiger partial charge in [0.05, 0.1) is 6.20 Å². The van der Waals surface area contributed by atoms with E-state index in [9.17, 15) is 0 Å². The van der Waals surface area contributed by atoms with Crippen molar-refractivity contribution in [1.29, 1.82) is 0 Å². The van der Waals surface area contributed by atoms with E-state index in [4.69, 9.17) is 5.73 Å². The highest BCUT2D eigenvalue weighted by Gasteiger charge is 2.09. The lowest BCUT2D eigenvalue weighted by Crippen LogP contribution is -2.11. The van der Waals surface area contributed by atoms with Crippen molar-refractivity contribution < 1.29 is 0 Å². The molecule has 16 heavy (non-hydrogen) atoms. The lowest BCUT2D eigenvalue weighted by molar-refractivity contribution is 0.347. The quantitative estimate of drug-likeness (QED) is 0.738. The van der Waals surface area contributed by atoms with E-state index < -0.39 is 0 Å². The smallest absolute Gasteiger partial charge is 0.165 e. The van der Waals surface area contributed by atoms with Crippen LogP contribution in [0.4, 0.5) is 5.82 Å². The molecule has 4 nitrogen and oxygen atoms in total.